The first-order valence-corrected chi connectivity index (χ1v) is 11.0. The van der Waals surface area contributed by atoms with Crippen molar-refractivity contribution in [2.45, 2.75) is 57.7 Å². The third kappa shape index (κ3) is 7.36. The van der Waals surface area contributed by atoms with Crippen molar-refractivity contribution in [2.24, 2.45) is 10.7 Å². The average Bonchev–Trinajstić information content (AvgIpc) is 2.74. The van der Waals surface area contributed by atoms with Gasteiger partial charge in [-0.05, 0) is 78.8 Å². The number of alkyl halides is 3. The molecule has 4 nitrogen and oxygen atoms in total. The molecular formula is C27H31F4N3O. The molecule has 0 amide bonds. The maximum atomic E-state index is 14.1. The van der Waals surface area contributed by atoms with Crippen LogP contribution in [0.4, 0.5) is 17.6 Å². The number of nitrogens with two attached hydrogens (primary N) is 1. The summed E-state index contributed by atoms with van der Waals surface area (Å²) in [6.07, 6.45) is 1.05. The van der Waals surface area contributed by atoms with Crippen LogP contribution in [-0.4, -0.2) is 28.1 Å². The largest absolute Gasteiger partial charge is 0.417 e. The number of hydrogen-bond acceptors (Lipinski definition) is 4. The maximum absolute atomic E-state index is 14.1. The quantitative estimate of drug-likeness (QED) is 0.243. The van der Waals surface area contributed by atoms with Crippen molar-refractivity contribution in [3.8, 4) is 0 Å². The van der Waals surface area contributed by atoms with Gasteiger partial charge in [-0.3, -0.25) is 9.98 Å². The number of aliphatic hydroxyl groups is 1. The Labute approximate surface area is 203 Å². The number of aryl methyl sites for hydroxylation is 1. The van der Waals surface area contributed by atoms with Crippen molar-refractivity contribution in [3.05, 3.63) is 95.2 Å². The number of nitrogens with zero attached hydrogens (tertiary/aromatic N) is 2. The lowest BCUT2D eigenvalue weighted by Gasteiger charge is -2.38. The number of allylic oxidation sites excluding steroid dienone is 3. The van der Waals surface area contributed by atoms with E-state index in [1.165, 1.54) is 38.1 Å². The molecule has 2 rings (SSSR count). The maximum Gasteiger partial charge on any atom is 0.417 e. The van der Waals surface area contributed by atoms with Crippen molar-refractivity contribution < 1.29 is 22.7 Å². The minimum Gasteiger partial charge on any atom is -0.402 e. The Morgan fingerprint density at radius 3 is 2.34 bits per heavy atom. The van der Waals surface area contributed by atoms with Crippen molar-refractivity contribution in [2.75, 3.05) is 0 Å². The normalized spacial score (nSPS) is 15.3. The van der Waals surface area contributed by atoms with Gasteiger partial charge in [0.25, 0.3) is 0 Å². The molecule has 0 spiro atoms. The van der Waals surface area contributed by atoms with Crippen molar-refractivity contribution >= 4 is 11.9 Å². The van der Waals surface area contributed by atoms with Crippen LogP contribution in [0.5, 0.6) is 0 Å². The molecule has 2 aromatic rings. The van der Waals surface area contributed by atoms with Gasteiger partial charge in [-0.15, -0.1) is 0 Å². The van der Waals surface area contributed by atoms with Crippen LogP contribution >= 0.6 is 0 Å². The van der Waals surface area contributed by atoms with Gasteiger partial charge < -0.3 is 10.8 Å². The van der Waals surface area contributed by atoms with Crippen molar-refractivity contribution in [3.63, 3.8) is 0 Å². The fourth-order valence-electron chi connectivity index (χ4n) is 4.11. The molecule has 35 heavy (non-hydrogen) atoms. The van der Waals surface area contributed by atoms with E-state index in [0.29, 0.717) is 22.4 Å². The molecule has 1 unspecified atom stereocenters. The predicted molar refractivity (Wildman–Crippen MR) is 132 cm³/mol. The summed E-state index contributed by atoms with van der Waals surface area (Å²) in [4.78, 5) is 8.22. The van der Waals surface area contributed by atoms with Crippen LogP contribution < -0.4 is 5.73 Å². The third-order valence-electron chi connectivity index (χ3n) is 5.62. The number of pyridine rings is 1. The van der Waals surface area contributed by atoms with Gasteiger partial charge in [-0.1, -0.05) is 26.5 Å². The molecule has 8 heteroatoms. The first-order chi connectivity index (χ1) is 16.2. The number of aliphatic imine (C=N–C) groups is 1. The summed E-state index contributed by atoms with van der Waals surface area (Å²) < 4.78 is 56.1. The van der Waals surface area contributed by atoms with E-state index < -0.39 is 35.9 Å². The molecule has 0 aliphatic carbocycles. The second-order valence-corrected chi connectivity index (χ2v) is 9.17. The molecule has 0 saturated heterocycles. The lowest BCUT2D eigenvalue weighted by molar-refractivity contribution is -0.266. The van der Waals surface area contributed by atoms with E-state index in [4.69, 9.17) is 5.73 Å². The number of halogens is 4. The van der Waals surface area contributed by atoms with Gasteiger partial charge in [0.15, 0.2) is 5.60 Å². The second kappa shape index (κ2) is 11.0. The molecule has 0 aliphatic rings. The Balaban J connectivity index is 2.36. The molecule has 1 heterocycles. The van der Waals surface area contributed by atoms with E-state index in [0.717, 1.165) is 5.56 Å². The summed E-state index contributed by atoms with van der Waals surface area (Å²) in [5.74, 6) is -0.559. The predicted octanol–water partition coefficient (Wildman–Crippen LogP) is 6.41. The summed E-state index contributed by atoms with van der Waals surface area (Å²) in [5, 5.41) is 10.8. The van der Waals surface area contributed by atoms with E-state index in [-0.39, 0.29) is 5.70 Å². The van der Waals surface area contributed by atoms with Gasteiger partial charge in [0, 0.05) is 36.3 Å². The van der Waals surface area contributed by atoms with Crippen LogP contribution in [0.15, 0.2) is 77.7 Å². The van der Waals surface area contributed by atoms with E-state index in [2.05, 4.69) is 16.6 Å². The van der Waals surface area contributed by atoms with Gasteiger partial charge in [0.05, 0.1) is 5.70 Å². The van der Waals surface area contributed by atoms with Crippen molar-refractivity contribution in [1.29, 1.82) is 0 Å². The molecule has 0 bridgehead atoms. The van der Waals surface area contributed by atoms with Crippen LogP contribution in [0.3, 0.4) is 0 Å². The molecule has 3 N–H and O–H groups in total. The molecule has 1 aromatic heterocycles. The second-order valence-electron chi connectivity index (χ2n) is 9.17. The van der Waals surface area contributed by atoms with Crippen molar-refractivity contribution in [1.82, 2.24) is 4.98 Å². The minimum absolute atomic E-state index is 0.201. The van der Waals surface area contributed by atoms with Gasteiger partial charge in [0.2, 0.25) is 0 Å². The first kappa shape index (κ1) is 28.0. The lowest BCUT2D eigenvalue weighted by Crippen LogP contribution is -2.50. The Morgan fingerprint density at radius 2 is 1.77 bits per heavy atom. The molecular weight excluding hydrogens is 458 g/mol. The van der Waals surface area contributed by atoms with E-state index >= 15 is 0 Å². The summed E-state index contributed by atoms with van der Waals surface area (Å²) >= 11 is 0. The highest BCUT2D eigenvalue weighted by molar-refractivity contribution is 5.74. The zero-order valence-corrected chi connectivity index (χ0v) is 20.3. The standard InChI is InChI=1S/C27H31F4N3O/c1-6-34-24(20-9-11-33-12-10-20)14-18(2)13-22(32)16-26(35,27(29,30)31)17-25(4,5)23-15-21(28)8-7-19(23)3/h6-15,35H,2,16-17,32H2,1,3-5H3/b22-13-,24-14-,34-6?. The fraction of sp³-hybridized carbons (Fsp3) is 0.333. The zero-order valence-electron chi connectivity index (χ0n) is 20.3. The highest BCUT2D eigenvalue weighted by Crippen LogP contribution is 2.44. The Bertz CT molecular complexity index is 1130. The monoisotopic (exact) mass is 489 g/mol. The van der Waals surface area contributed by atoms with Crippen LogP contribution in [0, 0.1) is 12.7 Å². The Morgan fingerprint density at radius 1 is 1.14 bits per heavy atom. The summed E-state index contributed by atoms with van der Waals surface area (Å²) in [5.41, 5.74) is 4.01. The van der Waals surface area contributed by atoms with Crippen LogP contribution in [-0.2, 0) is 5.41 Å². The van der Waals surface area contributed by atoms with Crippen LogP contribution in [0.2, 0.25) is 0 Å². The number of aromatic nitrogens is 1. The topological polar surface area (TPSA) is 71.5 Å². The number of benzene rings is 1. The molecule has 0 saturated carbocycles. The highest BCUT2D eigenvalue weighted by atomic mass is 19.4. The zero-order chi connectivity index (χ0) is 26.4. The van der Waals surface area contributed by atoms with Gasteiger partial charge >= 0.3 is 6.18 Å². The SMILES string of the molecule is C=C(/C=C(\N)CC(O)(CC(C)(C)c1cc(F)ccc1C)C(F)(F)F)/C=C(\N=CC)c1ccncc1. The first-order valence-electron chi connectivity index (χ1n) is 11.0. The highest BCUT2D eigenvalue weighted by Gasteiger charge is 2.56. The van der Waals surface area contributed by atoms with E-state index in [1.807, 2.05) is 0 Å². The number of hydrogen-bond donors (Lipinski definition) is 2. The van der Waals surface area contributed by atoms with Crippen LogP contribution in [0.1, 0.15) is 50.3 Å². The molecule has 0 radical (unpaired) electrons. The summed E-state index contributed by atoms with van der Waals surface area (Å²) in [7, 11) is 0. The van der Waals surface area contributed by atoms with E-state index in [9.17, 15) is 22.7 Å². The third-order valence-corrected chi connectivity index (χ3v) is 5.62. The molecule has 0 fully saturated rings. The fourth-order valence-corrected chi connectivity index (χ4v) is 4.11. The lowest BCUT2D eigenvalue weighted by atomic mass is 9.72. The smallest absolute Gasteiger partial charge is 0.402 e. The molecule has 1 aromatic carbocycles. The van der Waals surface area contributed by atoms with Gasteiger partial charge in [-0.2, -0.15) is 13.2 Å². The average molecular weight is 490 g/mol. The number of rotatable bonds is 9. The van der Waals surface area contributed by atoms with Gasteiger partial charge in [-0.25, -0.2) is 4.39 Å². The molecule has 188 valence electrons. The Kier molecular flexibility index (Phi) is 8.79. The van der Waals surface area contributed by atoms with E-state index in [1.54, 1.807) is 50.7 Å². The molecule has 1 atom stereocenters. The molecule has 0 aliphatic heterocycles. The Hall–Kier alpha value is -3.26. The summed E-state index contributed by atoms with van der Waals surface area (Å²) in [6.45, 7) is 10.3. The minimum atomic E-state index is -4.98. The van der Waals surface area contributed by atoms with Crippen LogP contribution in [0.25, 0.3) is 5.70 Å². The summed E-state index contributed by atoms with van der Waals surface area (Å²) in [6, 6.07) is 7.42. The van der Waals surface area contributed by atoms with Gasteiger partial charge in [0.1, 0.15) is 5.82 Å².